The van der Waals surface area contributed by atoms with E-state index in [0.717, 1.165) is 11.3 Å². The molecule has 2 aromatic rings. The van der Waals surface area contributed by atoms with Gasteiger partial charge in [-0.2, -0.15) is 0 Å². The molecule has 2 N–H and O–H groups in total. The number of hydrogen-bond donors (Lipinski definition) is 2. The van der Waals surface area contributed by atoms with E-state index in [4.69, 9.17) is 5.11 Å². The minimum atomic E-state index is -1.08. The van der Waals surface area contributed by atoms with Crippen LogP contribution in [0.4, 0.5) is 10.1 Å². The van der Waals surface area contributed by atoms with Gasteiger partial charge < -0.3 is 10.4 Å². The Hall–Kier alpha value is -2.21. The first-order valence-electron chi connectivity index (χ1n) is 5.41. The van der Waals surface area contributed by atoms with Gasteiger partial charge in [-0.15, -0.1) is 11.3 Å². The lowest BCUT2D eigenvalue weighted by atomic mass is 10.1. The lowest BCUT2D eigenvalue weighted by Gasteiger charge is -2.04. The minimum Gasteiger partial charge on any atom is -0.477 e. The van der Waals surface area contributed by atoms with Crippen LogP contribution in [0.1, 0.15) is 15.2 Å². The van der Waals surface area contributed by atoms with Gasteiger partial charge in [0.25, 0.3) is 0 Å². The van der Waals surface area contributed by atoms with Crippen molar-refractivity contribution >= 4 is 28.9 Å². The first-order valence-corrected chi connectivity index (χ1v) is 6.29. The number of carboxylic acid groups (broad SMARTS) is 1. The largest absolute Gasteiger partial charge is 0.477 e. The van der Waals surface area contributed by atoms with Crippen LogP contribution in [-0.4, -0.2) is 17.0 Å². The van der Waals surface area contributed by atoms with E-state index in [2.05, 4.69) is 5.32 Å². The summed E-state index contributed by atoms with van der Waals surface area (Å²) in [4.78, 5) is 22.7. The maximum absolute atomic E-state index is 12.7. The van der Waals surface area contributed by atoms with Crippen LogP contribution in [0, 0.1) is 5.82 Å². The predicted molar refractivity (Wildman–Crippen MR) is 70.0 cm³/mol. The zero-order valence-corrected chi connectivity index (χ0v) is 10.5. The number of carbonyl (C=O) groups is 2. The second-order valence-electron chi connectivity index (χ2n) is 3.82. The fourth-order valence-electron chi connectivity index (χ4n) is 1.56. The molecule has 98 valence electrons. The van der Waals surface area contributed by atoms with Gasteiger partial charge in [-0.05, 0) is 29.1 Å². The molecule has 0 aliphatic rings. The molecular weight excluding hydrogens is 269 g/mol. The Kier molecular flexibility index (Phi) is 3.91. The van der Waals surface area contributed by atoms with Gasteiger partial charge in [0.1, 0.15) is 10.7 Å². The zero-order chi connectivity index (χ0) is 13.8. The van der Waals surface area contributed by atoms with E-state index in [0.29, 0.717) is 5.56 Å². The van der Waals surface area contributed by atoms with Crippen molar-refractivity contribution in [2.45, 2.75) is 6.42 Å². The Morgan fingerprint density at radius 3 is 2.53 bits per heavy atom. The Labute approximate surface area is 112 Å². The Bertz CT molecular complexity index is 607. The highest BCUT2D eigenvalue weighted by Crippen LogP contribution is 2.22. The van der Waals surface area contributed by atoms with Crippen molar-refractivity contribution in [1.82, 2.24) is 0 Å². The number of halogens is 1. The molecule has 0 fully saturated rings. The molecule has 0 radical (unpaired) electrons. The number of thiophene rings is 1. The average molecular weight is 279 g/mol. The summed E-state index contributed by atoms with van der Waals surface area (Å²) >= 11 is 1.04. The number of anilines is 1. The number of carbonyl (C=O) groups excluding carboxylic acids is 1. The summed E-state index contributed by atoms with van der Waals surface area (Å²) in [5, 5.41) is 13.0. The van der Waals surface area contributed by atoms with Crippen LogP contribution in [0.25, 0.3) is 0 Å². The summed E-state index contributed by atoms with van der Waals surface area (Å²) in [6.07, 6.45) is 0.0647. The van der Waals surface area contributed by atoms with Crippen LogP contribution in [0.2, 0.25) is 0 Å². The van der Waals surface area contributed by atoms with E-state index in [1.165, 1.54) is 30.3 Å². The standard InChI is InChI=1S/C13H10FNO3S/c14-9-3-1-8(2-4-9)7-11(16)15-10-5-6-19-12(10)13(17)18/h1-6H,7H2,(H,15,16)(H,17,18). The second kappa shape index (κ2) is 5.62. The number of carboxylic acids is 1. The third-order valence-electron chi connectivity index (χ3n) is 2.41. The van der Waals surface area contributed by atoms with Crippen molar-refractivity contribution < 1.29 is 19.1 Å². The monoisotopic (exact) mass is 279 g/mol. The van der Waals surface area contributed by atoms with E-state index in [-0.39, 0.29) is 28.7 Å². The molecule has 0 saturated carbocycles. The van der Waals surface area contributed by atoms with Crippen molar-refractivity contribution in [3.8, 4) is 0 Å². The van der Waals surface area contributed by atoms with Gasteiger partial charge in [0.2, 0.25) is 5.91 Å². The van der Waals surface area contributed by atoms with Gasteiger partial charge in [-0.3, -0.25) is 4.79 Å². The molecule has 0 aliphatic carbocycles. The van der Waals surface area contributed by atoms with Crippen molar-refractivity contribution in [3.05, 3.63) is 52.0 Å². The highest BCUT2D eigenvalue weighted by atomic mass is 32.1. The highest BCUT2D eigenvalue weighted by Gasteiger charge is 2.14. The summed E-state index contributed by atoms with van der Waals surface area (Å²) in [5.41, 5.74) is 0.940. The Balaban J connectivity index is 2.03. The van der Waals surface area contributed by atoms with E-state index in [1.807, 2.05) is 0 Å². The lowest BCUT2D eigenvalue weighted by molar-refractivity contribution is -0.115. The minimum absolute atomic E-state index is 0.0647. The maximum atomic E-state index is 12.7. The van der Waals surface area contributed by atoms with Gasteiger partial charge in [-0.1, -0.05) is 12.1 Å². The third kappa shape index (κ3) is 3.38. The van der Waals surface area contributed by atoms with Gasteiger partial charge in [0.05, 0.1) is 12.1 Å². The molecule has 4 nitrogen and oxygen atoms in total. The van der Waals surface area contributed by atoms with Gasteiger partial charge in [0.15, 0.2) is 0 Å². The molecule has 0 atom stereocenters. The molecule has 0 spiro atoms. The van der Waals surface area contributed by atoms with Crippen LogP contribution in [-0.2, 0) is 11.2 Å². The molecule has 19 heavy (non-hydrogen) atoms. The van der Waals surface area contributed by atoms with Gasteiger partial charge in [0, 0.05) is 0 Å². The molecule has 2 rings (SSSR count). The summed E-state index contributed by atoms with van der Waals surface area (Å²) in [6, 6.07) is 7.11. The summed E-state index contributed by atoms with van der Waals surface area (Å²) in [5.74, 6) is -1.78. The Morgan fingerprint density at radius 2 is 1.89 bits per heavy atom. The smallest absolute Gasteiger partial charge is 0.348 e. The van der Waals surface area contributed by atoms with Gasteiger partial charge >= 0.3 is 5.97 Å². The Morgan fingerprint density at radius 1 is 1.21 bits per heavy atom. The topological polar surface area (TPSA) is 66.4 Å². The fraction of sp³-hybridized carbons (Fsp3) is 0.0769. The van der Waals surface area contributed by atoms with Crippen LogP contribution >= 0.6 is 11.3 Å². The molecule has 0 saturated heterocycles. The third-order valence-corrected chi connectivity index (χ3v) is 3.31. The summed E-state index contributed by atoms with van der Waals surface area (Å²) < 4.78 is 12.7. The van der Waals surface area contributed by atoms with Crippen LogP contribution in [0.15, 0.2) is 35.7 Å². The van der Waals surface area contributed by atoms with Crippen molar-refractivity contribution in [1.29, 1.82) is 0 Å². The molecule has 1 aromatic heterocycles. The molecule has 0 aliphatic heterocycles. The maximum Gasteiger partial charge on any atom is 0.348 e. The first kappa shape index (κ1) is 13.2. The highest BCUT2D eigenvalue weighted by molar-refractivity contribution is 7.12. The molecule has 1 heterocycles. The van der Waals surface area contributed by atoms with Gasteiger partial charge in [-0.25, -0.2) is 9.18 Å². The fourth-order valence-corrected chi connectivity index (χ4v) is 2.24. The van der Waals surface area contributed by atoms with Crippen LogP contribution < -0.4 is 5.32 Å². The molecule has 6 heteroatoms. The number of amides is 1. The molecule has 0 unspecified atom stereocenters. The predicted octanol–water partition coefficient (Wildman–Crippen LogP) is 2.77. The van der Waals surface area contributed by atoms with Crippen molar-refractivity contribution in [3.63, 3.8) is 0 Å². The number of hydrogen-bond acceptors (Lipinski definition) is 3. The van der Waals surface area contributed by atoms with Crippen molar-refractivity contribution in [2.24, 2.45) is 0 Å². The number of nitrogens with one attached hydrogen (secondary N) is 1. The molecule has 1 amide bonds. The summed E-state index contributed by atoms with van der Waals surface area (Å²) in [7, 11) is 0. The van der Waals surface area contributed by atoms with Crippen molar-refractivity contribution in [2.75, 3.05) is 5.32 Å². The average Bonchev–Trinajstić information content (AvgIpc) is 2.80. The van der Waals surface area contributed by atoms with E-state index in [9.17, 15) is 14.0 Å². The van der Waals surface area contributed by atoms with E-state index >= 15 is 0 Å². The molecule has 0 bridgehead atoms. The normalized spacial score (nSPS) is 10.2. The quantitative estimate of drug-likeness (QED) is 0.904. The number of rotatable bonds is 4. The van der Waals surface area contributed by atoms with Crippen LogP contribution in [0.5, 0.6) is 0 Å². The zero-order valence-electron chi connectivity index (χ0n) is 9.72. The van der Waals surface area contributed by atoms with E-state index in [1.54, 1.807) is 5.38 Å². The van der Waals surface area contributed by atoms with Crippen LogP contribution in [0.3, 0.4) is 0 Å². The number of aromatic carboxylic acids is 1. The SMILES string of the molecule is O=C(Cc1ccc(F)cc1)Nc1ccsc1C(=O)O. The lowest BCUT2D eigenvalue weighted by Crippen LogP contribution is -2.15. The second-order valence-corrected chi connectivity index (χ2v) is 4.74. The molecular formula is C13H10FNO3S. The number of benzene rings is 1. The van der Waals surface area contributed by atoms with E-state index < -0.39 is 5.97 Å². The molecule has 1 aromatic carbocycles. The summed E-state index contributed by atoms with van der Waals surface area (Å²) in [6.45, 7) is 0. The first-order chi connectivity index (χ1) is 9.06.